The Balaban J connectivity index is 2.60. The van der Waals surface area contributed by atoms with Crippen LogP contribution in [0.5, 0.6) is 0 Å². The number of nitrogens with zero attached hydrogens (tertiary/aromatic N) is 2. The molecule has 0 unspecified atom stereocenters. The van der Waals surface area contributed by atoms with Gasteiger partial charge in [0, 0.05) is 6.07 Å². The molecule has 2 rings (SSSR count). The van der Waals surface area contributed by atoms with E-state index in [9.17, 15) is 14.8 Å². The van der Waals surface area contributed by atoms with Crippen LogP contribution in [0.3, 0.4) is 0 Å². The van der Waals surface area contributed by atoms with Crippen molar-refractivity contribution in [3.05, 3.63) is 38.8 Å². The zero-order chi connectivity index (χ0) is 18.0. The molecule has 2 aromatic rings. The second-order valence-electron chi connectivity index (χ2n) is 5.21. The fourth-order valence-corrected chi connectivity index (χ4v) is 2.23. The number of benzene rings is 1. The van der Waals surface area contributed by atoms with E-state index >= 15 is 0 Å². The molecule has 0 aliphatic carbocycles. The van der Waals surface area contributed by atoms with Crippen molar-refractivity contribution in [1.82, 2.24) is 4.98 Å². The van der Waals surface area contributed by atoms with Crippen molar-refractivity contribution in [1.29, 1.82) is 0 Å². The quantitative estimate of drug-likeness (QED) is 0.465. The summed E-state index contributed by atoms with van der Waals surface area (Å²) < 4.78 is 10.0. The van der Waals surface area contributed by atoms with Crippen molar-refractivity contribution in [2.75, 3.05) is 7.11 Å². The highest BCUT2D eigenvalue weighted by atomic mass is 35.5. The second-order valence-corrected chi connectivity index (χ2v) is 6.02. The van der Waals surface area contributed by atoms with E-state index in [0.717, 1.165) is 7.11 Å². The summed E-state index contributed by atoms with van der Waals surface area (Å²) in [5.41, 5.74) is -0.150. The first-order valence-corrected chi connectivity index (χ1v) is 7.68. The molecule has 7 nitrogen and oxygen atoms in total. The van der Waals surface area contributed by atoms with Crippen molar-refractivity contribution in [2.45, 2.75) is 20.5 Å². The first kappa shape index (κ1) is 18.2. The van der Waals surface area contributed by atoms with Gasteiger partial charge in [-0.25, -0.2) is 9.78 Å². The van der Waals surface area contributed by atoms with Crippen molar-refractivity contribution in [3.63, 3.8) is 0 Å². The van der Waals surface area contributed by atoms with Gasteiger partial charge >= 0.3 is 17.6 Å². The normalized spacial score (nSPS) is 10.9. The zero-order valence-corrected chi connectivity index (χ0v) is 14.6. The average Bonchev–Trinajstić information content (AvgIpc) is 2.53. The van der Waals surface area contributed by atoms with Gasteiger partial charge in [0.25, 0.3) is 0 Å². The number of fused-ring (bicyclic) bond motifs is 1. The minimum Gasteiger partial charge on any atom is -0.618 e. The van der Waals surface area contributed by atoms with E-state index in [2.05, 4.69) is 9.72 Å². The lowest BCUT2D eigenvalue weighted by Gasteiger charge is -2.12. The number of carbonyl (C=O) groups excluding carboxylic acids is 2. The number of carbonyl (C=O) groups is 2. The maximum atomic E-state index is 12.5. The number of esters is 2. The van der Waals surface area contributed by atoms with Crippen LogP contribution >= 0.6 is 23.2 Å². The molecule has 0 fully saturated rings. The molecule has 128 valence electrons. The fourth-order valence-electron chi connectivity index (χ4n) is 1.92. The van der Waals surface area contributed by atoms with Crippen LogP contribution in [0.2, 0.25) is 10.0 Å². The second kappa shape index (κ2) is 7.19. The van der Waals surface area contributed by atoms with E-state index in [4.69, 9.17) is 27.9 Å². The van der Waals surface area contributed by atoms with E-state index in [0.29, 0.717) is 4.73 Å². The number of hydrogen-bond acceptors (Lipinski definition) is 6. The van der Waals surface area contributed by atoms with Crippen molar-refractivity contribution in [2.24, 2.45) is 5.92 Å². The monoisotopic (exact) mass is 372 g/mol. The molecule has 1 heterocycles. The number of halogens is 2. The lowest BCUT2D eigenvalue weighted by atomic mass is 10.2. The topological polar surface area (TPSA) is 92.4 Å². The molecular formula is C15H14Cl2N2O5. The molecule has 0 aliphatic rings. The Bertz CT molecular complexity index is 823. The molecule has 1 aromatic carbocycles. The largest absolute Gasteiger partial charge is 0.618 e. The molecule has 0 saturated heterocycles. The molecule has 0 N–H and O–H groups in total. The summed E-state index contributed by atoms with van der Waals surface area (Å²) in [4.78, 5) is 27.8. The summed E-state index contributed by atoms with van der Waals surface area (Å²) in [5, 5.41) is 12.9. The van der Waals surface area contributed by atoms with E-state index < -0.39 is 11.9 Å². The Morgan fingerprint density at radius 2 is 1.92 bits per heavy atom. The zero-order valence-electron chi connectivity index (χ0n) is 13.1. The molecule has 1 aromatic heterocycles. The van der Waals surface area contributed by atoms with Gasteiger partial charge in [-0.15, -0.1) is 0 Å². The predicted molar refractivity (Wildman–Crippen MR) is 86.7 cm³/mol. The van der Waals surface area contributed by atoms with Gasteiger partial charge in [0.2, 0.25) is 5.52 Å². The minimum atomic E-state index is -0.902. The van der Waals surface area contributed by atoms with Crippen LogP contribution in [0.15, 0.2) is 12.1 Å². The Hall–Kier alpha value is -2.12. The van der Waals surface area contributed by atoms with Crippen LogP contribution in [0, 0.1) is 11.1 Å². The highest BCUT2D eigenvalue weighted by molar-refractivity contribution is 6.42. The summed E-state index contributed by atoms with van der Waals surface area (Å²) in [6, 6.07) is 2.69. The first-order valence-electron chi connectivity index (χ1n) is 6.92. The summed E-state index contributed by atoms with van der Waals surface area (Å²) in [5.74, 6) is -1.75. The Labute approximate surface area is 147 Å². The molecule has 0 radical (unpaired) electrons. The number of rotatable bonds is 4. The Kier molecular flexibility index (Phi) is 5.46. The van der Waals surface area contributed by atoms with Crippen molar-refractivity contribution in [3.8, 4) is 0 Å². The van der Waals surface area contributed by atoms with E-state index in [1.807, 2.05) is 0 Å². The summed E-state index contributed by atoms with van der Waals surface area (Å²) in [6.45, 7) is 2.97. The van der Waals surface area contributed by atoms with Gasteiger partial charge in [-0.1, -0.05) is 37.0 Å². The summed E-state index contributed by atoms with van der Waals surface area (Å²) in [6.07, 6.45) is 0. The van der Waals surface area contributed by atoms with Crippen molar-refractivity contribution < 1.29 is 23.8 Å². The predicted octanol–water partition coefficient (Wildman–Crippen LogP) is 2.66. The van der Waals surface area contributed by atoms with E-state index in [1.165, 1.54) is 12.1 Å². The van der Waals surface area contributed by atoms with E-state index in [-0.39, 0.29) is 45.0 Å². The third kappa shape index (κ3) is 3.52. The molecule has 0 atom stereocenters. The number of ether oxygens (including phenoxy) is 2. The summed E-state index contributed by atoms with van der Waals surface area (Å²) in [7, 11) is 1.13. The smallest absolute Gasteiger partial charge is 0.406 e. The summed E-state index contributed by atoms with van der Waals surface area (Å²) >= 11 is 11.8. The van der Waals surface area contributed by atoms with Gasteiger partial charge in [-0.3, -0.25) is 4.79 Å². The van der Waals surface area contributed by atoms with Gasteiger partial charge in [0.05, 0.1) is 23.1 Å². The van der Waals surface area contributed by atoms with Gasteiger partial charge in [0.15, 0.2) is 5.69 Å². The standard InChI is InChI=1S/C15H14Cl2N2O5/c1-7(2)14(20)24-6-11-13(15(21)23-3)19(22)12-5-9(17)8(16)4-10(12)18-11/h4-5,7H,6H2,1-3H3. The number of aromatic nitrogens is 2. The molecule has 0 bridgehead atoms. The molecule has 0 spiro atoms. The maximum Gasteiger partial charge on any atom is 0.406 e. The molecule has 0 saturated carbocycles. The number of methoxy groups -OCH3 is 1. The third-order valence-electron chi connectivity index (χ3n) is 3.17. The van der Waals surface area contributed by atoms with Gasteiger partial charge in [-0.05, 0) is 6.07 Å². The van der Waals surface area contributed by atoms with Crippen LogP contribution in [-0.2, 0) is 20.9 Å². The highest BCUT2D eigenvalue weighted by Crippen LogP contribution is 2.26. The Morgan fingerprint density at radius 3 is 2.50 bits per heavy atom. The van der Waals surface area contributed by atoms with Crippen LogP contribution in [-0.4, -0.2) is 24.0 Å². The molecule has 0 aliphatic heterocycles. The van der Waals surface area contributed by atoms with Crippen LogP contribution in [0.25, 0.3) is 11.0 Å². The number of hydrogen-bond donors (Lipinski definition) is 0. The van der Waals surface area contributed by atoms with Gasteiger partial charge < -0.3 is 14.7 Å². The SMILES string of the molecule is COC(=O)c1c(COC(=O)C(C)C)nc2cc(Cl)c(Cl)cc2[n+]1[O-]. The molecule has 24 heavy (non-hydrogen) atoms. The molecule has 0 amide bonds. The van der Waals surface area contributed by atoms with Crippen molar-refractivity contribution >= 4 is 46.2 Å². The highest BCUT2D eigenvalue weighted by Gasteiger charge is 2.28. The van der Waals surface area contributed by atoms with Crippen LogP contribution in [0.4, 0.5) is 0 Å². The fraction of sp³-hybridized carbons (Fsp3) is 0.333. The van der Waals surface area contributed by atoms with Gasteiger partial charge in [0.1, 0.15) is 12.1 Å². The molecular weight excluding hydrogens is 359 g/mol. The lowest BCUT2D eigenvalue weighted by Crippen LogP contribution is -2.38. The van der Waals surface area contributed by atoms with E-state index in [1.54, 1.807) is 13.8 Å². The van der Waals surface area contributed by atoms with Crippen LogP contribution < -0.4 is 4.73 Å². The van der Waals surface area contributed by atoms with Gasteiger partial charge in [-0.2, -0.15) is 4.73 Å². The average molecular weight is 373 g/mol. The Morgan fingerprint density at radius 1 is 1.29 bits per heavy atom. The molecule has 9 heteroatoms. The van der Waals surface area contributed by atoms with Crippen LogP contribution in [0.1, 0.15) is 30.0 Å². The minimum absolute atomic E-state index is 0.0308. The third-order valence-corrected chi connectivity index (χ3v) is 3.89. The lowest BCUT2D eigenvalue weighted by molar-refractivity contribution is -0.581. The first-order chi connectivity index (χ1) is 11.3. The maximum absolute atomic E-state index is 12.5.